The zero-order chi connectivity index (χ0) is 27.4. The Bertz CT molecular complexity index is 1510. The molecular weight excluding hydrogens is 524 g/mol. The maximum atomic E-state index is 14.2. The Morgan fingerprint density at radius 3 is 2.27 bits per heavy atom. The summed E-state index contributed by atoms with van der Waals surface area (Å²) in [5, 5.41) is 7.96. The van der Waals surface area contributed by atoms with Gasteiger partial charge in [0.1, 0.15) is 6.04 Å². The molecule has 0 saturated heterocycles. The quantitative estimate of drug-likeness (QED) is 0.352. The fourth-order valence-electron chi connectivity index (χ4n) is 4.99. The highest BCUT2D eigenvalue weighted by Crippen LogP contribution is 2.35. The van der Waals surface area contributed by atoms with E-state index in [1.54, 1.807) is 23.8 Å². The highest BCUT2D eigenvalue weighted by atomic mass is 35.5. The summed E-state index contributed by atoms with van der Waals surface area (Å²) in [5.41, 5.74) is 3.14. The normalized spacial score (nSPS) is 15.6. The van der Waals surface area contributed by atoms with Crippen LogP contribution in [0.3, 0.4) is 0 Å². The molecule has 206 valence electrons. The zero-order valence-corrected chi connectivity index (χ0v) is 23.4. The molecule has 0 spiro atoms. The van der Waals surface area contributed by atoms with Gasteiger partial charge in [-0.15, -0.1) is 12.4 Å². The maximum Gasteiger partial charge on any atom is 0.251 e. The SMILES string of the molecule is CNC(C)C(=O)NC1CN(C(=O)Cc2ccccc2)c2ccccc2N(Cc2cccc3ccccc23)C1=O.Cl. The summed E-state index contributed by atoms with van der Waals surface area (Å²) in [6.07, 6.45) is 0.181. The molecular formula is C32H33ClN4O3. The van der Waals surface area contributed by atoms with Crippen LogP contribution in [0.2, 0.25) is 0 Å². The number of carbonyl (C=O) groups excluding carboxylic acids is 3. The van der Waals surface area contributed by atoms with Crippen molar-refractivity contribution in [3.8, 4) is 0 Å². The van der Waals surface area contributed by atoms with E-state index in [0.29, 0.717) is 17.9 Å². The molecule has 4 aromatic rings. The Labute approximate surface area is 240 Å². The minimum Gasteiger partial charge on any atom is -0.341 e. The van der Waals surface area contributed by atoms with Gasteiger partial charge in [0.2, 0.25) is 11.8 Å². The van der Waals surface area contributed by atoms with Crippen molar-refractivity contribution in [2.45, 2.75) is 32.0 Å². The number of likely N-dealkylation sites (N-methyl/N-ethyl adjacent to an activating group) is 1. The molecule has 0 bridgehead atoms. The molecule has 2 atom stereocenters. The van der Waals surface area contributed by atoms with E-state index >= 15 is 0 Å². The minimum absolute atomic E-state index is 0. The number of nitrogens with zero attached hydrogens (tertiary/aromatic N) is 2. The minimum atomic E-state index is -0.921. The van der Waals surface area contributed by atoms with Gasteiger partial charge in [-0.2, -0.15) is 0 Å². The van der Waals surface area contributed by atoms with E-state index in [2.05, 4.69) is 10.6 Å². The van der Waals surface area contributed by atoms with Crippen molar-refractivity contribution in [2.24, 2.45) is 0 Å². The third-order valence-electron chi connectivity index (χ3n) is 7.24. The summed E-state index contributed by atoms with van der Waals surface area (Å²) in [7, 11) is 1.69. The lowest BCUT2D eigenvalue weighted by atomic mass is 10.0. The van der Waals surface area contributed by atoms with Crippen LogP contribution < -0.4 is 20.4 Å². The Balaban J connectivity index is 0.00000370. The van der Waals surface area contributed by atoms with Crippen LogP contribution in [0.25, 0.3) is 10.8 Å². The van der Waals surface area contributed by atoms with Crippen LogP contribution >= 0.6 is 12.4 Å². The molecule has 0 radical (unpaired) electrons. The first-order valence-electron chi connectivity index (χ1n) is 13.1. The highest BCUT2D eigenvalue weighted by molar-refractivity contribution is 6.08. The van der Waals surface area contributed by atoms with Crippen LogP contribution in [-0.2, 0) is 27.3 Å². The van der Waals surface area contributed by atoms with Crippen molar-refractivity contribution in [1.29, 1.82) is 0 Å². The monoisotopic (exact) mass is 556 g/mol. The smallest absolute Gasteiger partial charge is 0.251 e. The Morgan fingerprint density at radius 1 is 0.875 bits per heavy atom. The molecule has 40 heavy (non-hydrogen) atoms. The van der Waals surface area contributed by atoms with Crippen LogP contribution in [0.1, 0.15) is 18.1 Å². The molecule has 0 saturated carbocycles. The number of amides is 3. The van der Waals surface area contributed by atoms with Gasteiger partial charge in [-0.3, -0.25) is 14.4 Å². The summed E-state index contributed by atoms with van der Waals surface area (Å²) in [4.78, 5) is 44.2. The van der Waals surface area contributed by atoms with E-state index in [-0.39, 0.29) is 43.1 Å². The fourth-order valence-corrected chi connectivity index (χ4v) is 4.99. The lowest BCUT2D eigenvalue weighted by Crippen LogP contribution is -2.55. The molecule has 2 N–H and O–H groups in total. The number of anilines is 2. The molecule has 4 aromatic carbocycles. The van der Waals surface area contributed by atoms with E-state index in [0.717, 1.165) is 21.9 Å². The average Bonchev–Trinajstić information content (AvgIpc) is 3.08. The second kappa shape index (κ2) is 12.8. The van der Waals surface area contributed by atoms with Crippen LogP contribution in [0, 0.1) is 0 Å². The van der Waals surface area contributed by atoms with E-state index in [1.807, 2.05) is 97.1 Å². The summed E-state index contributed by atoms with van der Waals surface area (Å²) >= 11 is 0. The van der Waals surface area contributed by atoms with E-state index < -0.39 is 12.1 Å². The summed E-state index contributed by atoms with van der Waals surface area (Å²) in [6.45, 7) is 2.07. The molecule has 0 aromatic heterocycles. The lowest BCUT2D eigenvalue weighted by molar-refractivity contribution is -0.128. The van der Waals surface area contributed by atoms with Gasteiger partial charge < -0.3 is 20.4 Å². The predicted octanol–water partition coefficient (Wildman–Crippen LogP) is 4.48. The van der Waals surface area contributed by atoms with Gasteiger partial charge in [0.25, 0.3) is 5.91 Å². The molecule has 0 fully saturated rings. The number of hydrogen-bond acceptors (Lipinski definition) is 4. The first-order valence-corrected chi connectivity index (χ1v) is 13.1. The number of para-hydroxylation sites is 2. The van der Waals surface area contributed by atoms with Crippen LogP contribution in [-0.4, -0.2) is 43.4 Å². The number of hydrogen-bond donors (Lipinski definition) is 2. The number of carbonyl (C=O) groups is 3. The van der Waals surface area contributed by atoms with Crippen molar-refractivity contribution in [3.63, 3.8) is 0 Å². The number of benzene rings is 4. The molecule has 2 unspecified atom stereocenters. The predicted molar refractivity (Wildman–Crippen MR) is 162 cm³/mol. The molecule has 3 amide bonds. The molecule has 7 nitrogen and oxygen atoms in total. The highest BCUT2D eigenvalue weighted by Gasteiger charge is 2.37. The Kier molecular flexibility index (Phi) is 9.19. The maximum absolute atomic E-state index is 14.2. The molecule has 1 aliphatic heterocycles. The molecule has 0 aliphatic carbocycles. The number of fused-ring (bicyclic) bond motifs is 2. The van der Waals surface area contributed by atoms with E-state index in [9.17, 15) is 14.4 Å². The summed E-state index contributed by atoms with van der Waals surface area (Å²) in [6, 6.07) is 29.7. The van der Waals surface area contributed by atoms with E-state index in [1.165, 1.54) is 0 Å². The van der Waals surface area contributed by atoms with Crippen molar-refractivity contribution in [1.82, 2.24) is 10.6 Å². The van der Waals surface area contributed by atoms with Gasteiger partial charge in [-0.25, -0.2) is 0 Å². The van der Waals surface area contributed by atoms with Crippen LogP contribution in [0.5, 0.6) is 0 Å². The first kappa shape index (κ1) is 28.8. The average molecular weight is 557 g/mol. The lowest BCUT2D eigenvalue weighted by Gasteiger charge is -2.26. The standard InChI is InChI=1S/C32H32N4O3.ClH/c1-22(33-2)31(38)34-27-21-35(30(37)19-23-11-4-3-5-12-23)28-17-8-9-18-29(28)36(32(27)39)20-25-15-10-14-24-13-6-7-16-26(24)25;/h3-18,22,27,33H,19-21H2,1-2H3,(H,34,38);1H. The summed E-state index contributed by atoms with van der Waals surface area (Å²) in [5.74, 6) is -0.709. The molecule has 8 heteroatoms. The van der Waals surface area contributed by atoms with Crippen molar-refractivity contribution in [2.75, 3.05) is 23.4 Å². The van der Waals surface area contributed by atoms with Crippen molar-refractivity contribution in [3.05, 3.63) is 108 Å². The second-order valence-electron chi connectivity index (χ2n) is 9.79. The number of rotatable bonds is 7. The fraction of sp³-hybridized carbons (Fsp3) is 0.219. The largest absolute Gasteiger partial charge is 0.341 e. The van der Waals surface area contributed by atoms with Gasteiger partial charge in [0, 0.05) is 0 Å². The van der Waals surface area contributed by atoms with Gasteiger partial charge in [-0.1, -0.05) is 84.9 Å². The van der Waals surface area contributed by atoms with Crippen molar-refractivity contribution < 1.29 is 14.4 Å². The first-order chi connectivity index (χ1) is 19.0. The number of halogens is 1. The van der Waals surface area contributed by atoms with Gasteiger partial charge in [0.05, 0.1) is 36.9 Å². The Morgan fingerprint density at radius 2 is 1.52 bits per heavy atom. The second-order valence-corrected chi connectivity index (χ2v) is 9.79. The van der Waals surface area contributed by atoms with E-state index in [4.69, 9.17) is 0 Å². The third-order valence-corrected chi connectivity index (χ3v) is 7.24. The summed E-state index contributed by atoms with van der Waals surface area (Å²) < 4.78 is 0. The van der Waals surface area contributed by atoms with Crippen molar-refractivity contribution >= 4 is 52.3 Å². The van der Waals surface area contributed by atoms with Gasteiger partial charge in [-0.05, 0) is 48.0 Å². The topological polar surface area (TPSA) is 81.8 Å². The van der Waals surface area contributed by atoms with Gasteiger partial charge >= 0.3 is 0 Å². The third kappa shape index (κ3) is 6.01. The van der Waals surface area contributed by atoms with Gasteiger partial charge in [0.15, 0.2) is 0 Å². The zero-order valence-electron chi connectivity index (χ0n) is 22.5. The molecule has 5 rings (SSSR count). The Hall–Kier alpha value is -4.20. The molecule has 1 heterocycles. The van der Waals surface area contributed by atoms with Crippen LogP contribution in [0.4, 0.5) is 11.4 Å². The number of nitrogens with one attached hydrogen (secondary N) is 2. The van der Waals surface area contributed by atoms with Crippen LogP contribution in [0.15, 0.2) is 97.1 Å². The molecule has 1 aliphatic rings.